The van der Waals surface area contributed by atoms with Gasteiger partial charge in [-0.2, -0.15) is 0 Å². The van der Waals surface area contributed by atoms with Crippen molar-refractivity contribution in [2.75, 3.05) is 25.6 Å². The lowest BCUT2D eigenvalue weighted by atomic mass is 10.2. The molecule has 2 rings (SSSR count). The summed E-state index contributed by atoms with van der Waals surface area (Å²) in [4.78, 5) is 35.9. The lowest BCUT2D eigenvalue weighted by Crippen LogP contribution is -2.28. The summed E-state index contributed by atoms with van der Waals surface area (Å²) in [5.41, 5.74) is 1.39. The van der Waals surface area contributed by atoms with E-state index in [1.807, 2.05) is 43.3 Å². The number of nitrogens with one attached hydrogen (secondary N) is 1. The monoisotopic (exact) mass is 357 g/mol. The van der Waals surface area contributed by atoms with Crippen molar-refractivity contribution in [1.29, 1.82) is 0 Å². The number of nitrogens with zero attached hydrogens (tertiary/aromatic N) is 2. The van der Waals surface area contributed by atoms with Crippen LogP contribution >= 0.6 is 0 Å². The van der Waals surface area contributed by atoms with Gasteiger partial charge >= 0.3 is 5.97 Å². The minimum absolute atomic E-state index is 0.190. The van der Waals surface area contributed by atoms with Gasteiger partial charge in [-0.05, 0) is 23.8 Å². The van der Waals surface area contributed by atoms with E-state index >= 15 is 0 Å². The van der Waals surface area contributed by atoms with Crippen LogP contribution in [0, 0.1) is 10.1 Å². The Labute approximate surface area is 150 Å². The second kappa shape index (κ2) is 8.61. The summed E-state index contributed by atoms with van der Waals surface area (Å²) < 4.78 is 4.86. The fraction of sp³-hybridized carbons (Fsp3) is 0.222. The molecule has 0 spiro atoms. The van der Waals surface area contributed by atoms with Crippen LogP contribution in [0.5, 0.6) is 0 Å². The standard InChI is InChI=1S/C18H19N3O5/c1-20(2)14-9-7-13(8-10-14)11-19-17(22)12-26-18(23)15-5-3-4-6-16(15)21(24)25/h3-10H,11-12H2,1-2H3,(H,19,22). The van der Waals surface area contributed by atoms with Crippen molar-refractivity contribution in [3.05, 3.63) is 69.8 Å². The van der Waals surface area contributed by atoms with Gasteiger partial charge in [0, 0.05) is 32.4 Å². The predicted octanol–water partition coefficient (Wildman–Crippen LogP) is 2.13. The van der Waals surface area contributed by atoms with Crippen molar-refractivity contribution in [3.8, 4) is 0 Å². The first-order valence-electron chi connectivity index (χ1n) is 7.82. The molecule has 8 heteroatoms. The Hall–Kier alpha value is -3.42. The molecule has 0 aliphatic carbocycles. The van der Waals surface area contributed by atoms with Gasteiger partial charge in [-0.3, -0.25) is 14.9 Å². The Morgan fingerprint density at radius 2 is 1.77 bits per heavy atom. The maximum absolute atomic E-state index is 11.9. The number of hydrogen-bond donors (Lipinski definition) is 1. The fourth-order valence-electron chi connectivity index (χ4n) is 2.18. The highest BCUT2D eigenvalue weighted by Gasteiger charge is 2.21. The summed E-state index contributed by atoms with van der Waals surface area (Å²) in [6, 6.07) is 13.0. The number of rotatable bonds is 7. The quantitative estimate of drug-likeness (QED) is 0.463. The van der Waals surface area contributed by atoms with Crippen LogP contribution in [-0.2, 0) is 16.1 Å². The van der Waals surface area contributed by atoms with Gasteiger partial charge in [0.2, 0.25) is 0 Å². The number of amides is 1. The van der Waals surface area contributed by atoms with Gasteiger partial charge in [-0.25, -0.2) is 4.79 Å². The maximum Gasteiger partial charge on any atom is 0.345 e. The van der Waals surface area contributed by atoms with Crippen LogP contribution in [0.3, 0.4) is 0 Å². The van der Waals surface area contributed by atoms with E-state index in [4.69, 9.17) is 4.74 Å². The molecule has 0 radical (unpaired) electrons. The van der Waals surface area contributed by atoms with Crippen LogP contribution in [0.15, 0.2) is 48.5 Å². The van der Waals surface area contributed by atoms with Crippen LogP contribution in [0.25, 0.3) is 0 Å². The second-order valence-corrected chi connectivity index (χ2v) is 5.69. The predicted molar refractivity (Wildman–Crippen MR) is 96.0 cm³/mol. The molecule has 0 heterocycles. The maximum atomic E-state index is 11.9. The molecule has 136 valence electrons. The van der Waals surface area contributed by atoms with E-state index in [2.05, 4.69) is 5.32 Å². The Bertz CT molecular complexity index is 803. The van der Waals surface area contributed by atoms with Crippen molar-refractivity contribution in [2.24, 2.45) is 0 Å². The lowest BCUT2D eigenvalue weighted by Gasteiger charge is -2.13. The number of nitro benzene ring substituents is 1. The number of para-hydroxylation sites is 1. The molecule has 26 heavy (non-hydrogen) atoms. The highest BCUT2D eigenvalue weighted by atomic mass is 16.6. The first kappa shape index (κ1) is 18.9. The Morgan fingerprint density at radius 1 is 1.12 bits per heavy atom. The molecule has 1 N–H and O–H groups in total. The number of carbonyl (C=O) groups excluding carboxylic acids is 2. The summed E-state index contributed by atoms with van der Waals surface area (Å²) in [7, 11) is 3.87. The largest absolute Gasteiger partial charge is 0.452 e. The smallest absolute Gasteiger partial charge is 0.345 e. The Kier molecular flexibility index (Phi) is 6.26. The third-order valence-corrected chi connectivity index (χ3v) is 3.60. The lowest BCUT2D eigenvalue weighted by molar-refractivity contribution is -0.385. The molecule has 0 atom stereocenters. The van der Waals surface area contributed by atoms with E-state index in [1.54, 1.807) is 0 Å². The van der Waals surface area contributed by atoms with Crippen molar-refractivity contribution in [1.82, 2.24) is 5.32 Å². The Balaban J connectivity index is 1.85. The van der Waals surface area contributed by atoms with E-state index in [1.165, 1.54) is 24.3 Å². The number of nitro groups is 1. The number of anilines is 1. The molecule has 0 bridgehead atoms. The van der Waals surface area contributed by atoms with Gasteiger partial charge < -0.3 is 15.0 Å². The SMILES string of the molecule is CN(C)c1ccc(CNC(=O)COC(=O)c2ccccc2[N+](=O)[O-])cc1. The van der Waals surface area contributed by atoms with E-state index in [-0.39, 0.29) is 17.8 Å². The molecule has 2 aromatic carbocycles. The van der Waals surface area contributed by atoms with Crippen LogP contribution in [0.1, 0.15) is 15.9 Å². The highest BCUT2D eigenvalue weighted by molar-refractivity contribution is 5.95. The molecule has 8 nitrogen and oxygen atoms in total. The fourth-order valence-corrected chi connectivity index (χ4v) is 2.18. The summed E-state index contributed by atoms with van der Waals surface area (Å²) in [5, 5.41) is 13.5. The molecule has 0 fully saturated rings. The van der Waals surface area contributed by atoms with Crippen molar-refractivity contribution in [2.45, 2.75) is 6.54 Å². The Morgan fingerprint density at radius 3 is 2.38 bits per heavy atom. The van der Waals surface area contributed by atoms with Gasteiger partial charge in [0.15, 0.2) is 6.61 Å². The molecule has 2 aromatic rings. The van der Waals surface area contributed by atoms with E-state index < -0.39 is 23.4 Å². The number of hydrogen-bond acceptors (Lipinski definition) is 6. The second-order valence-electron chi connectivity index (χ2n) is 5.69. The molecule has 0 aliphatic rings. The third kappa shape index (κ3) is 5.04. The average molecular weight is 357 g/mol. The normalized spacial score (nSPS) is 10.1. The number of esters is 1. The van der Waals surface area contributed by atoms with Crippen LogP contribution in [0.4, 0.5) is 11.4 Å². The topological polar surface area (TPSA) is 102 Å². The van der Waals surface area contributed by atoms with Crippen molar-refractivity contribution < 1.29 is 19.2 Å². The molecule has 0 aromatic heterocycles. The zero-order chi connectivity index (χ0) is 19.1. The van der Waals surface area contributed by atoms with Crippen molar-refractivity contribution in [3.63, 3.8) is 0 Å². The summed E-state index contributed by atoms with van der Waals surface area (Å²) in [6.45, 7) is -0.226. The van der Waals surface area contributed by atoms with Crippen LogP contribution in [0.2, 0.25) is 0 Å². The zero-order valence-corrected chi connectivity index (χ0v) is 14.5. The van der Waals surface area contributed by atoms with Crippen LogP contribution in [-0.4, -0.2) is 37.5 Å². The molecular weight excluding hydrogens is 338 g/mol. The van der Waals surface area contributed by atoms with Gasteiger partial charge in [0.05, 0.1) is 4.92 Å². The third-order valence-electron chi connectivity index (χ3n) is 3.60. The van der Waals surface area contributed by atoms with Gasteiger partial charge in [0.25, 0.3) is 11.6 Å². The van der Waals surface area contributed by atoms with Gasteiger partial charge in [0.1, 0.15) is 5.56 Å². The summed E-state index contributed by atoms with van der Waals surface area (Å²) in [5.74, 6) is -1.41. The summed E-state index contributed by atoms with van der Waals surface area (Å²) >= 11 is 0. The number of ether oxygens (including phenoxy) is 1. The van der Waals surface area contributed by atoms with Gasteiger partial charge in [-0.15, -0.1) is 0 Å². The average Bonchev–Trinajstić information content (AvgIpc) is 2.64. The van der Waals surface area contributed by atoms with Crippen LogP contribution < -0.4 is 10.2 Å². The minimum atomic E-state index is -0.914. The first-order valence-corrected chi connectivity index (χ1v) is 7.82. The van der Waals surface area contributed by atoms with Crippen molar-refractivity contribution >= 4 is 23.3 Å². The highest BCUT2D eigenvalue weighted by Crippen LogP contribution is 2.18. The summed E-state index contributed by atoms with van der Waals surface area (Å²) in [6.07, 6.45) is 0. The molecular formula is C18H19N3O5. The van der Waals surface area contributed by atoms with Gasteiger partial charge in [-0.1, -0.05) is 24.3 Å². The number of benzene rings is 2. The molecule has 0 aliphatic heterocycles. The van der Waals surface area contributed by atoms with E-state index in [0.717, 1.165) is 11.3 Å². The van der Waals surface area contributed by atoms with E-state index in [0.29, 0.717) is 0 Å². The molecule has 0 unspecified atom stereocenters. The number of carbonyl (C=O) groups is 2. The first-order chi connectivity index (χ1) is 12.4. The molecule has 0 saturated carbocycles. The zero-order valence-electron chi connectivity index (χ0n) is 14.5. The minimum Gasteiger partial charge on any atom is -0.452 e. The van der Waals surface area contributed by atoms with E-state index in [9.17, 15) is 19.7 Å². The molecule has 0 saturated heterocycles. The molecule has 1 amide bonds.